The van der Waals surface area contributed by atoms with Gasteiger partial charge in [0.25, 0.3) is 0 Å². The van der Waals surface area contributed by atoms with E-state index in [0.29, 0.717) is 0 Å². The molecule has 0 bridgehead atoms. The van der Waals surface area contributed by atoms with Gasteiger partial charge in [0.15, 0.2) is 0 Å². The maximum atomic E-state index is 5.47. The average Bonchev–Trinajstić information content (AvgIpc) is 3.12. The number of hydrogen-bond donors (Lipinski definition) is 0. The monoisotopic (exact) mass is 381 g/mol. The summed E-state index contributed by atoms with van der Waals surface area (Å²) in [6.07, 6.45) is 7.09. The van der Waals surface area contributed by atoms with Crippen molar-refractivity contribution in [2.75, 3.05) is 32.8 Å². The van der Waals surface area contributed by atoms with Gasteiger partial charge in [-0.25, -0.2) is 0 Å². The molecule has 2 heteroatoms. The van der Waals surface area contributed by atoms with Crippen LogP contribution in [0.1, 0.15) is 29.5 Å². The normalized spacial score (nSPS) is 18.2. The fraction of sp³-hybridized carbons (Fsp3) is 0.259. The Morgan fingerprint density at radius 2 is 1.59 bits per heavy atom. The predicted molar refractivity (Wildman–Crippen MR) is 123 cm³/mol. The van der Waals surface area contributed by atoms with Crippen molar-refractivity contribution in [2.45, 2.75) is 12.8 Å². The molecule has 0 saturated carbocycles. The summed E-state index contributed by atoms with van der Waals surface area (Å²) in [6, 6.07) is 24.1. The number of allylic oxidation sites excluding steroid dienone is 3. The topological polar surface area (TPSA) is 12.5 Å². The van der Waals surface area contributed by atoms with Gasteiger partial charge in [-0.2, -0.15) is 0 Å². The molecule has 1 aliphatic heterocycles. The van der Waals surface area contributed by atoms with Crippen molar-refractivity contribution in [3.05, 3.63) is 89.5 Å². The highest BCUT2D eigenvalue weighted by molar-refractivity contribution is 6.04. The molecule has 0 radical (unpaired) electrons. The Labute approximate surface area is 173 Å². The van der Waals surface area contributed by atoms with Crippen LogP contribution < -0.4 is 0 Å². The highest BCUT2D eigenvalue weighted by Gasteiger charge is 2.18. The third kappa shape index (κ3) is 3.91. The van der Waals surface area contributed by atoms with E-state index in [-0.39, 0.29) is 0 Å². The maximum Gasteiger partial charge on any atom is 0.0594 e. The molecule has 0 aromatic heterocycles. The van der Waals surface area contributed by atoms with E-state index >= 15 is 0 Å². The summed E-state index contributed by atoms with van der Waals surface area (Å²) in [4.78, 5) is 2.53. The van der Waals surface area contributed by atoms with Gasteiger partial charge in [0.05, 0.1) is 13.2 Å². The molecule has 3 aromatic rings. The molecule has 146 valence electrons. The number of hydrogen-bond acceptors (Lipinski definition) is 2. The largest absolute Gasteiger partial charge is 0.379 e. The fourth-order valence-corrected chi connectivity index (χ4v) is 4.55. The van der Waals surface area contributed by atoms with Crippen LogP contribution in [0.25, 0.3) is 28.0 Å². The summed E-state index contributed by atoms with van der Waals surface area (Å²) < 4.78 is 5.47. The Morgan fingerprint density at radius 3 is 2.48 bits per heavy atom. The summed E-state index contributed by atoms with van der Waals surface area (Å²) in [5.74, 6) is 0. The van der Waals surface area contributed by atoms with E-state index in [1.807, 2.05) is 0 Å². The van der Waals surface area contributed by atoms with Crippen LogP contribution in [0, 0.1) is 0 Å². The van der Waals surface area contributed by atoms with Crippen LogP contribution in [0.15, 0.2) is 72.8 Å². The molecule has 0 unspecified atom stereocenters. The summed E-state index contributed by atoms with van der Waals surface area (Å²) in [5, 5.41) is 2.61. The van der Waals surface area contributed by atoms with Crippen LogP contribution >= 0.6 is 0 Å². The quantitative estimate of drug-likeness (QED) is 0.546. The van der Waals surface area contributed by atoms with Gasteiger partial charge < -0.3 is 4.74 Å². The van der Waals surface area contributed by atoms with E-state index < -0.39 is 0 Å². The molecule has 2 aliphatic rings. The standard InChI is InChI=1S/C27H27NO/c1-2-11-25-21(7-1)8-5-9-22(25)19-24-20-23(26-12-3-4-13-27(24)26)10-6-14-28-15-17-29-18-16-28/h1-5,7-9,11-13,19-20H,6,10,14-18H2. The first-order chi connectivity index (χ1) is 14.4. The first-order valence-electron chi connectivity index (χ1n) is 10.7. The molecule has 0 N–H and O–H groups in total. The molecule has 2 nitrogen and oxygen atoms in total. The molecule has 0 amide bonds. The van der Waals surface area contributed by atoms with E-state index in [4.69, 9.17) is 4.74 Å². The van der Waals surface area contributed by atoms with Crippen LogP contribution in [-0.4, -0.2) is 37.7 Å². The summed E-state index contributed by atoms with van der Waals surface area (Å²) >= 11 is 0. The van der Waals surface area contributed by atoms with Crippen molar-refractivity contribution in [3.8, 4) is 0 Å². The Bertz CT molecular complexity index is 1070. The van der Waals surface area contributed by atoms with Gasteiger partial charge >= 0.3 is 0 Å². The van der Waals surface area contributed by atoms with E-state index in [9.17, 15) is 0 Å². The zero-order chi connectivity index (χ0) is 19.5. The Hall–Kier alpha value is -2.68. The van der Waals surface area contributed by atoms with E-state index in [1.165, 1.54) is 45.0 Å². The van der Waals surface area contributed by atoms with Gasteiger partial charge in [-0.3, -0.25) is 4.90 Å². The lowest BCUT2D eigenvalue weighted by Gasteiger charge is -2.26. The lowest BCUT2D eigenvalue weighted by atomic mass is 9.99. The number of nitrogens with zero attached hydrogens (tertiary/aromatic N) is 1. The second-order valence-corrected chi connectivity index (χ2v) is 7.94. The van der Waals surface area contributed by atoms with E-state index in [0.717, 1.165) is 39.3 Å². The number of ether oxygens (including phenoxy) is 1. The molecule has 1 heterocycles. The SMILES string of the molecule is C(=C1C=C(CCCN2CCOCC2)c2ccccc21)c1cccc2ccccc12. The van der Waals surface area contributed by atoms with Gasteiger partial charge in [-0.1, -0.05) is 72.8 Å². The molecule has 1 fully saturated rings. The second-order valence-electron chi connectivity index (χ2n) is 7.94. The molecular weight excluding hydrogens is 354 g/mol. The molecule has 0 atom stereocenters. The van der Waals surface area contributed by atoms with Crippen LogP contribution in [0.3, 0.4) is 0 Å². The molecule has 0 spiro atoms. The Kier molecular flexibility index (Phi) is 5.29. The first kappa shape index (κ1) is 18.4. The van der Waals surface area contributed by atoms with Crippen molar-refractivity contribution in [3.63, 3.8) is 0 Å². The zero-order valence-corrected chi connectivity index (χ0v) is 16.8. The number of rotatable bonds is 5. The second kappa shape index (κ2) is 8.36. The molecule has 1 saturated heterocycles. The predicted octanol–water partition coefficient (Wildman–Crippen LogP) is 5.89. The van der Waals surface area contributed by atoms with Crippen LogP contribution in [0.2, 0.25) is 0 Å². The number of benzene rings is 3. The Balaban J connectivity index is 1.41. The minimum Gasteiger partial charge on any atom is -0.379 e. The van der Waals surface area contributed by atoms with Gasteiger partial charge in [-0.05, 0) is 64.1 Å². The van der Waals surface area contributed by atoms with Gasteiger partial charge in [0.1, 0.15) is 0 Å². The summed E-state index contributed by atoms with van der Waals surface area (Å²) in [7, 11) is 0. The van der Waals surface area contributed by atoms with Gasteiger partial charge in [-0.15, -0.1) is 0 Å². The molecule has 1 aliphatic carbocycles. The van der Waals surface area contributed by atoms with E-state index in [2.05, 4.69) is 83.8 Å². The molecule has 5 rings (SSSR count). The highest BCUT2D eigenvalue weighted by atomic mass is 16.5. The minimum absolute atomic E-state index is 0.878. The third-order valence-electron chi connectivity index (χ3n) is 6.07. The van der Waals surface area contributed by atoms with Crippen LogP contribution in [-0.2, 0) is 4.74 Å². The molecule has 3 aromatic carbocycles. The average molecular weight is 382 g/mol. The van der Waals surface area contributed by atoms with Crippen molar-refractivity contribution in [1.29, 1.82) is 0 Å². The van der Waals surface area contributed by atoms with Crippen molar-refractivity contribution < 1.29 is 4.74 Å². The van der Waals surface area contributed by atoms with Crippen molar-refractivity contribution in [2.24, 2.45) is 0 Å². The number of fused-ring (bicyclic) bond motifs is 2. The zero-order valence-electron chi connectivity index (χ0n) is 16.8. The highest BCUT2D eigenvalue weighted by Crippen LogP contribution is 2.39. The van der Waals surface area contributed by atoms with Gasteiger partial charge in [0, 0.05) is 13.1 Å². The minimum atomic E-state index is 0.878. The molecule has 29 heavy (non-hydrogen) atoms. The third-order valence-corrected chi connectivity index (χ3v) is 6.07. The lowest BCUT2D eigenvalue weighted by Crippen LogP contribution is -2.36. The first-order valence-corrected chi connectivity index (χ1v) is 10.7. The van der Waals surface area contributed by atoms with Crippen molar-refractivity contribution in [1.82, 2.24) is 4.90 Å². The van der Waals surface area contributed by atoms with Crippen LogP contribution in [0.4, 0.5) is 0 Å². The summed E-state index contributed by atoms with van der Waals surface area (Å²) in [6.45, 7) is 5.06. The fourth-order valence-electron chi connectivity index (χ4n) is 4.55. The summed E-state index contributed by atoms with van der Waals surface area (Å²) in [5.41, 5.74) is 6.86. The van der Waals surface area contributed by atoms with Gasteiger partial charge in [0.2, 0.25) is 0 Å². The lowest BCUT2D eigenvalue weighted by molar-refractivity contribution is 0.0376. The smallest absolute Gasteiger partial charge is 0.0594 e. The maximum absolute atomic E-state index is 5.47. The van der Waals surface area contributed by atoms with Crippen molar-refractivity contribution >= 4 is 28.0 Å². The van der Waals surface area contributed by atoms with E-state index in [1.54, 1.807) is 0 Å². The van der Waals surface area contributed by atoms with Crippen LogP contribution in [0.5, 0.6) is 0 Å². The Morgan fingerprint density at radius 1 is 0.828 bits per heavy atom. The number of morpholine rings is 1. The molecular formula is C27H27NO.